The lowest BCUT2D eigenvalue weighted by Gasteiger charge is -2.06. The monoisotopic (exact) mass is 382 g/mol. The molecule has 0 spiro atoms. The van der Waals surface area contributed by atoms with E-state index in [1.807, 2.05) is 0 Å². The third-order valence-electron chi connectivity index (χ3n) is 3.87. The summed E-state index contributed by atoms with van der Waals surface area (Å²) in [5.41, 5.74) is 0.275. The maximum Gasteiger partial charge on any atom is 0.336 e. The van der Waals surface area contributed by atoms with Crippen LogP contribution in [0.25, 0.3) is 0 Å². The van der Waals surface area contributed by atoms with E-state index in [9.17, 15) is 14.4 Å². The van der Waals surface area contributed by atoms with Gasteiger partial charge in [0.25, 0.3) is 0 Å². The predicted molar refractivity (Wildman–Crippen MR) is 101 cm³/mol. The summed E-state index contributed by atoms with van der Waals surface area (Å²) in [4.78, 5) is 32.0. The Morgan fingerprint density at radius 3 is 2.07 bits per heavy atom. The number of carbonyl (C=O) groups excluding carboxylic acids is 1. The number of carbonyl (C=O) groups is 3. The largest absolute Gasteiger partial charge is 0.478 e. The summed E-state index contributed by atoms with van der Waals surface area (Å²) in [6.07, 6.45) is 7.54. The van der Waals surface area contributed by atoms with Gasteiger partial charge in [-0.2, -0.15) is 0 Å². The highest BCUT2D eigenvalue weighted by atomic mass is 16.5. The summed E-state index contributed by atoms with van der Waals surface area (Å²) >= 11 is 0. The van der Waals surface area contributed by atoms with Crippen molar-refractivity contribution >= 4 is 17.9 Å². The van der Waals surface area contributed by atoms with E-state index in [-0.39, 0.29) is 11.1 Å². The summed E-state index contributed by atoms with van der Waals surface area (Å²) in [6.45, 7) is 3.91. The van der Waals surface area contributed by atoms with Gasteiger partial charge < -0.3 is 20.1 Å². The third-order valence-corrected chi connectivity index (χ3v) is 3.87. The van der Waals surface area contributed by atoms with Crippen molar-refractivity contribution < 1.29 is 34.4 Å². The maximum atomic E-state index is 10.8. The molecule has 0 aliphatic carbocycles. The third kappa shape index (κ3) is 10.4. The van der Waals surface area contributed by atoms with Gasteiger partial charge in [0.1, 0.15) is 6.61 Å². The van der Waals surface area contributed by atoms with Gasteiger partial charge in [0.2, 0.25) is 0 Å². The van der Waals surface area contributed by atoms with Crippen molar-refractivity contribution in [3.63, 3.8) is 0 Å². The fraction of sp³-hybridized carbons (Fsp3) is 0.550. The van der Waals surface area contributed by atoms with Crippen LogP contribution in [0, 0.1) is 0 Å². The van der Waals surface area contributed by atoms with E-state index in [4.69, 9.17) is 20.1 Å². The van der Waals surface area contributed by atoms with Gasteiger partial charge in [0.05, 0.1) is 17.7 Å². The molecule has 0 fully saturated rings. The van der Waals surface area contributed by atoms with Crippen molar-refractivity contribution in [1.82, 2.24) is 0 Å². The molecule has 1 aromatic carbocycles. The Bertz CT molecular complexity index is 596. The highest BCUT2D eigenvalue weighted by Gasteiger charge is 2.18. The molecule has 152 valence electrons. The summed E-state index contributed by atoms with van der Waals surface area (Å²) in [5, 5.41) is 26.0. The molecule has 7 heteroatoms. The number of carboxylic acid groups (broad SMARTS) is 2. The minimum atomic E-state index is -1.21. The van der Waals surface area contributed by atoms with Crippen LogP contribution in [0.2, 0.25) is 0 Å². The molecule has 1 rings (SSSR count). The van der Waals surface area contributed by atoms with Crippen molar-refractivity contribution in [2.75, 3.05) is 13.2 Å². The molecule has 3 N–H and O–H groups in total. The Morgan fingerprint density at radius 1 is 0.926 bits per heavy atom. The van der Waals surface area contributed by atoms with E-state index >= 15 is 0 Å². The molecule has 0 aliphatic rings. The number of aromatic carboxylic acids is 2. The molecule has 0 aliphatic heterocycles. The summed E-state index contributed by atoms with van der Waals surface area (Å²) in [5.74, 6) is -2.92. The molecule has 0 atom stereocenters. The van der Waals surface area contributed by atoms with Crippen molar-refractivity contribution in [3.8, 4) is 0 Å². The fourth-order valence-electron chi connectivity index (χ4n) is 2.44. The van der Waals surface area contributed by atoms with Crippen LogP contribution in [-0.4, -0.2) is 46.4 Å². The normalized spacial score (nSPS) is 9.89. The first-order valence-electron chi connectivity index (χ1n) is 9.23. The zero-order valence-corrected chi connectivity index (χ0v) is 16.1. The average molecular weight is 382 g/mol. The number of unbranched alkanes of at least 4 members (excludes halogenated alkanes) is 5. The Hall–Kier alpha value is -2.41. The lowest BCUT2D eigenvalue weighted by molar-refractivity contribution is -0.147. The molecule has 1 aromatic rings. The van der Waals surface area contributed by atoms with Gasteiger partial charge in [0, 0.05) is 0 Å². The molecule has 0 bridgehead atoms. The number of carboxylic acids is 2. The first kappa shape index (κ1) is 24.6. The van der Waals surface area contributed by atoms with E-state index in [1.54, 1.807) is 19.1 Å². The molecular formula is C20H30O7. The number of aryl methyl sites for hydroxylation is 1. The Labute approximate surface area is 160 Å². The van der Waals surface area contributed by atoms with Gasteiger partial charge in [-0.3, -0.25) is 0 Å². The van der Waals surface area contributed by atoms with Crippen molar-refractivity contribution in [1.29, 1.82) is 0 Å². The van der Waals surface area contributed by atoms with Crippen LogP contribution in [0.5, 0.6) is 0 Å². The summed E-state index contributed by atoms with van der Waals surface area (Å²) in [7, 11) is 0. The van der Waals surface area contributed by atoms with Gasteiger partial charge >= 0.3 is 17.9 Å². The molecule has 0 aromatic heterocycles. The second-order valence-corrected chi connectivity index (χ2v) is 5.95. The Morgan fingerprint density at radius 2 is 1.56 bits per heavy atom. The number of benzene rings is 1. The van der Waals surface area contributed by atoms with Crippen LogP contribution >= 0.6 is 0 Å². The highest BCUT2D eigenvalue weighted by Crippen LogP contribution is 2.15. The number of rotatable bonds is 11. The van der Waals surface area contributed by atoms with Gasteiger partial charge in [-0.15, -0.1) is 0 Å². The molecular weight excluding hydrogens is 352 g/mol. The van der Waals surface area contributed by atoms with E-state index in [2.05, 4.69) is 6.92 Å². The van der Waals surface area contributed by atoms with E-state index in [0.717, 1.165) is 12.8 Å². The van der Waals surface area contributed by atoms with Crippen LogP contribution in [0.15, 0.2) is 18.2 Å². The van der Waals surface area contributed by atoms with E-state index in [1.165, 1.54) is 31.7 Å². The topological polar surface area (TPSA) is 121 Å². The standard InChI is InChI=1S/C10H10O4.C10H20O3/c1-2-6-4-3-5-7(9(11)12)8(6)10(13)14;1-2-3-4-5-6-7-8-13-10(12)9-11/h3-5H,2H2,1H3,(H,11,12)(H,13,14);11H,2-9H2,1H3. The molecule has 0 saturated heterocycles. The number of hydrogen-bond donors (Lipinski definition) is 3. The number of aliphatic hydroxyl groups is 1. The first-order valence-corrected chi connectivity index (χ1v) is 9.23. The summed E-state index contributed by atoms with van der Waals surface area (Å²) < 4.78 is 4.71. The minimum absolute atomic E-state index is 0.109. The van der Waals surface area contributed by atoms with E-state index in [0.29, 0.717) is 18.6 Å². The highest BCUT2D eigenvalue weighted by molar-refractivity contribution is 6.02. The smallest absolute Gasteiger partial charge is 0.336 e. The average Bonchev–Trinajstić information content (AvgIpc) is 2.66. The zero-order valence-electron chi connectivity index (χ0n) is 16.1. The van der Waals surface area contributed by atoms with Gasteiger partial charge in [-0.25, -0.2) is 14.4 Å². The van der Waals surface area contributed by atoms with Gasteiger partial charge in [-0.05, 0) is 24.5 Å². The Kier molecular flexibility index (Phi) is 13.4. The van der Waals surface area contributed by atoms with Crippen LogP contribution < -0.4 is 0 Å². The maximum absolute atomic E-state index is 10.8. The number of esters is 1. The quantitative estimate of drug-likeness (QED) is 0.395. The number of hydrogen-bond acceptors (Lipinski definition) is 5. The second kappa shape index (κ2) is 14.7. The minimum Gasteiger partial charge on any atom is -0.478 e. The van der Waals surface area contributed by atoms with Crippen LogP contribution in [-0.2, 0) is 16.0 Å². The Balaban J connectivity index is 0.000000503. The SMILES string of the molecule is CCCCCCCCOC(=O)CO.CCc1cccc(C(=O)O)c1C(=O)O. The lowest BCUT2D eigenvalue weighted by Crippen LogP contribution is -2.10. The van der Waals surface area contributed by atoms with Crippen LogP contribution in [0.3, 0.4) is 0 Å². The molecule has 0 radical (unpaired) electrons. The molecule has 0 saturated carbocycles. The van der Waals surface area contributed by atoms with Crippen molar-refractivity contribution in [2.45, 2.75) is 58.8 Å². The van der Waals surface area contributed by atoms with Crippen LogP contribution in [0.4, 0.5) is 0 Å². The molecule has 0 amide bonds. The lowest BCUT2D eigenvalue weighted by atomic mass is 9.99. The van der Waals surface area contributed by atoms with Gasteiger partial charge in [-0.1, -0.05) is 58.1 Å². The molecule has 0 heterocycles. The summed E-state index contributed by atoms with van der Waals surface area (Å²) in [6, 6.07) is 4.47. The molecule has 27 heavy (non-hydrogen) atoms. The van der Waals surface area contributed by atoms with Gasteiger partial charge in [0.15, 0.2) is 0 Å². The predicted octanol–water partition coefficient (Wildman–Crippen LogP) is 3.53. The number of ether oxygens (including phenoxy) is 1. The first-order chi connectivity index (χ1) is 12.9. The van der Waals surface area contributed by atoms with Crippen molar-refractivity contribution in [3.05, 3.63) is 34.9 Å². The second-order valence-electron chi connectivity index (χ2n) is 5.95. The van der Waals surface area contributed by atoms with Crippen molar-refractivity contribution in [2.24, 2.45) is 0 Å². The van der Waals surface area contributed by atoms with E-state index < -0.39 is 24.5 Å². The zero-order chi connectivity index (χ0) is 20.7. The molecule has 7 nitrogen and oxygen atoms in total. The number of aliphatic hydroxyl groups excluding tert-OH is 1. The van der Waals surface area contributed by atoms with Crippen LogP contribution in [0.1, 0.15) is 78.7 Å². The molecule has 0 unspecified atom stereocenters. The fourth-order valence-corrected chi connectivity index (χ4v) is 2.44.